The molecule has 2 aliphatic heterocycles. The summed E-state index contributed by atoms with van der Waals surface area (Å²) in [6.45, 7) is 3.49. The largest absolute Gasteiger partial charge is 0.385 e. The van der Waals surface area contributed by atoms with Gasteiger partial charge in [-0.3, -0.25) is 0 Å². The summed E-state index contributed by atoms with van der Waals surface area (Å²) in [5.74, 6) is 2.08. The smallest absolute Gasteiger partial charge is 0.0343 e. The lowest BCUT2D eigenvalue weighted by atomic mass is 9.99. The average Bonchev–Trinajstić information content (AvgIpc) is 2.46. The van der Waals surface area contributed by atoms with Gasteiger partial charge in [-0.1, -0.05) is 0 Å². The maximum absolute atomic E-state index is 3.62. The molecule has 1 fully saturated rings. The zero-order valence-electron chi connectivity index (χ0n) is 10.9. The van der Waals surface area contributed by atoms with E-state index in [-0.39, 0.29) is 0 Å². The zero-order valence-corrected chi connectivity index (χ0v) is 11.7. The van der Waals surface area contributed by atoms with Crippen LogP contribution in [-0.4, -0.2) is 25.4 Å². The Bertz CT molecular complexity index is 399. The number of benzene rings is 1. The molecule has 0 saturated carbocycles. The highest BCUT2D eigenvalue weighted by Gasteiger charge is 2.13. The fourth-order valence-corrected chi connectivity index (χ4v) is 3.85. The second-order valence-corrected chi connectivity index (χ2v) is 6.50. The summed E-state index contributed by atoms with van der Waals surface area (Å²) < 4.78 is 0. The Labute approximate surface area is 114 Å². The van der Waals surface area contributed by atoms with E-state index in [0.29, 0.717) is 0 Å². The van der Waals surface area contributed by atoms with Crippen molar-refractivity contribution in [3.8, 4) is 0 Å². The summed E-state index contributed by atoms with van der Waals surface area (Å²) in [6.07, 6.45) is 5.27. The summed E-state index contributed by atoms with van der Waals surface area (Å²) in [7, 11) is 0. The van der Waals surface area contributed by atoms with Crippen LogP contribution in [0.15, 0.2) is 23.1 Å². The molecule has 18 heavy (non-hydrogen) atoms. The number of anilines is 1. The highest BCUT2D eigenvalue weighted by Crippen LogP contribution is 2.31. The van der Waals surface area contributed by atoms with E-state index in [0.717, 1.165) is 12.5 Å². The van der Waals surface area contributed by atoms with Gasteiger partial charge in [0.25, 0.3) is 0 Å². The summed E-state index contributed by atoms with van der Waals surface area (Å²) in [5.41, 5.74) is 2.85. The summed E-state index contributed by atoms with van der Waals surface area (Å²) in [4.78, 5) is 1.49. The van der Waals surface area contributed by atoms with E-state index in [1.54, 1.807) is 0 Å². The number of aryl methyl sites for hydroxylation is 1. The van der Waals surface area contributed by atoms with E-state index >= 15 is 0 Å². The van der Waals surface area contributed by atoms with Crippen molar-refractivity contribution in [2.45, 2.75) is 30.6 Å². The molecule has 2 aliphatic rings. The fraction of sp³-hybridized carbons (Fsp3) is 0.600. The van der Waals surface area contributed by atoms with E-state index in [9.17, 15) is 0 Å². The lowest BCUT2D eigenvalue weighted by molar-refractivity contribution is 0.393. The summed E-state index contributed by atoms with van der Waals surface area (Å²) in [6, 6.07) is 6.89. The molecule has 0 bridgehead atoms. The monoisotopic (exact) mass is 262 g/mol. The van der Waals surface area contributed by atoms with E-state index in [4.69, 9.17) is 0 Å². The van der Waals surface area contributed by atoms with Gasteiger partial charge >= 0.3 is 0 Å². The number of fused-ring (bicyclic) bond motifs is 1. The lowest BCUT2D eigenvalue weighted by Crippen LogP contribution is -2.33. The van der Waals surface area contributed by atoms with Gasteiger partial charge in [-0.25, -0.2) is 0 Å². The molecular formula is C15H22N2S. The average molecular weight is 262 g/mol. The van der Waals surface area contributed by atoms with Gasteiger partial charge in [0.2, 0.25) is 0 Å². The van der Waals surface area contributed by atoms with Gasteiger partial charge in [-0.15, -0.1) is 11.8 Å². The molecular weight excluding hydrogens is 240 g/mol. The molecule has 2 N–H and O–H groups in total. The topological polar surface area (TPSA) is 24.1 Å². The van der Waals surface area contributed by atoms with Crippen LogP contribution < -0.4 is 10.6 Å². The molecule has 1 atom stereocenters. The molecule has 1 aromatic carbocycles. The van der Waals surface area contributed by atoms with E-state index in [1.807, 2.05) is 11.8 Å². The van der Waals surface area contributed by atoms with Crippen LogP contribution in [0, 0.1) is 5.92 Å². The highest BCUT2D eigenvalue weighted by atomic mass is 32.2. The van der Waals surface area contributed by atoms with Crippen molar-refractivity contribution in [3.63, 3.8) is 0 Å². The number of hydrogen-bond acceptors (Lipinski definition) is 3. The van der Waals surface area contributed by atoms with Crippen molar-refractivity contribution in [2.24, 2.45) is 5.92 Å². The van der Waals surface area contributed by atoms with E-state index < -0.39 is 0 Å². The van der Waals surface area contributed by atoms with Crippen LogP contribution in [0.3, 0.4) is 0 Å². The normalized spacial score (nSPS) is 23.4. The van der Waals surface area contributed by atoms with Gasteiger partial charge < -0.3 is 10.6 Å². The van der Waals surface area contributed by atoms with Crippen LogP contribution >= 0.6 is 11.8 Å². The van der Waals surface area contributed by atoms with Gasteiger partial charge in [0, 0.05) is 17.1 Å². The predicted molar refractivity (Wildman–Crippen MR) is 79.6 cm³/mol. The summed E-state index contributed by atoms with van der Waals surface area (Å²) >= 11 is 2.01. The molecule has 0 radical (unpaired) electrons. The molecule has 3 rings (SSSR count). The Balaban J connectivity index is 1.58. The maximum Gasteiger partial charge on any atom is 0.0343 e. The van der Waals surface area contributed by atoms with Gasteiger partial charge in [0.1, 0.15) is 0 Å². The Hall–Kier alpha value is -0.670. The maximum atomic E-state index is 3.62. The van der Waals surface area contributed by atoms with Crippen molar-refractivity contribution in [1.29, 1.82) is 0 Å². The number of hydrogen-bond donors (Lipinski definition) is 2. The van der Waals surface area contributed by atoms with Gasteiger partial charge in [0.05, 0.1) is 0 Å². The molecule has 98 valence electrons. The van der Waals surface area contributed by atoms with E-state index in [2.05, 4.69) is 28.8 Å². The quantitative estimate of drug-likeness (QED) is 0.875. The molecule has 0 amide bonds. The molecule has 1 saturated heterocycles. The first-order chi connectivity index (χ1) is 8.92. The Kier molecular flexibility index (Phi) is 4.11. The van der Waals surface area contributed by atoms with Gasteiger partial charge in [-0.2, -0.15) is 0 Å². The molecule has 0 aromatic heterocycles. The lowest BCUT2D eigenvalue weighted by Gasteiger charge is -2.24. The third kappa shape index (κ3) is 3.01. The second kappa shape index (κ2) is 5.98. The third-order valence-corrected chi connectivity index (χ3v) is 5.10. The van der Waals surface area contributed by atoms with Gasteiger partial charge in [0.15, 0.2) is 0 Å². The first-order valence-corrected chi connectivity index (χ1v) is 8.11. The van der Waals surface area contributed by atoms with E-state index in [1.165, 1.54) is 60.7 Å². The van der Waals surface area contributed by atoms with Crippen LogP contribution in [0.2, 0.25) is 0 Å². The predicted octanol–water partition coefficient (Wildman–Crippen LogP) is 3.14. The second-order valence-electron chi connectivity index (χ2n) is 5.37. The summed E-state index contributed by atoms with van der Waals surface area (Å²) in [5, 5.41) is 7.09. The van der Waals surface area contributed by atoms with Gasteiger partial charge in [-0.05, 0) is 74.2 Å². The van der Waals surface area contributed by atoms with Crippen molar-refractivity contribution in [3.05, 3.63) is 23.8 Å². The van der Waals surface area contributed by atoms with Crippen LogP contribution in [0.1, 0.15) is 24.8 Å². The highest BCUT2D eigenvalue weighted by molar-refractivity contribution is 7.99. The minimum atomic E-state index is 0.796. The third-order valence-electron chi connectivity index (χ3n) is 3.90. The Morgan fingerprint density at radius 1 is 1.33 bits per heavy atom. The number of rotatable bonds is 3. The standard InChI is InChI=1S/C15H22N2S/c1-3-12(10-16-7-1)11-17-14-5-6-15-13(9-14)4-2-8-18-15/h5-6,9,12,16-17H,1-4,7-8,10-11H2. The van der Waals surface area contributed by atoms with Crippen LogP contribution in [0.4, 0.5) is 5.69 Å². The SMILES string of the molecule is c1cc2c(cc1NCC1CCCNC1)CCCS2. The van der Waals surface area contributed by atoms with Crippen molar-refractivity contribution in [1.82, 2.24) is 5.32 Å². The fourth-order valence-electron chi connectivity index (χ4n) is 2.83. The van der Waals surface area contributed by atoms with Crippen molar-refractivity contribution in [2.75, 3.05) is 30.7 Å². The molecule has 3 heteroatoms. The van der Waals surface area contributed by atoms with Crippen molar-refractivity contribution < 1.29 is 0 Å². The van der Waals surface area contributed by atoms with Crippen LogP contribution in [-0.2, 0) is 6.42 Å². The van der Waals surface area contributed by atoms with Crippen LogP contribution in [0.25, 0.3) is 0 Å². The molecule has 1 unspecified atom stereocenters. The number of nitrogens with one attached hydrogen (secondary N) is 2. The zero-order chi connectivity index (χ0) is 12.2. The Morgan fingerprint density at radius 3 is 3.22 bits per heavy atom. The minimum Gasteiger partial charge on any atom is -0.385 e. The first kappa shape index (κ1) is 12.4. The molecule has 1 aromatic rings. The molecule has 0 spiro atoms. The molecule has 2 nitrogen and oxygen atoms in total. The van der Waals surface area contributed by atoms with Crippen LogP contribution in [0.5, 0.6) is 0 Å². The number of piperidine rings is 1. The molecule has 0 aliphatic carbocycles. The minimum absolute atomic E-state index is 0.796. The first-order valence-electron chi connectivity index (χ1n) is 7.12. The Morgan fingerprint density at radius 2 is 2.33 bits per heavy atom. The number of thioether (sulfide) groups is 1. The molecule has 2 heterocycles. The van der Waals surface area contributed by atoms with Crippen molar-refractivity contribution >= 4 is 17.4 Å².